The fourth-order valence-corrected chi connectivity index (χ4v) is 11.1. The number of hydrogen-bond donors (Lipinski definition) is 0. The predicted molar refractivity (Wildman–Crippen MR) is 316 cm³/mol. The number of nitrogens with zero attached hydrogens (tertiary/aromatic N) is 4. The lowest BCUT2D eigenvalue weighted by Gasteiger charge is -2.25. The van der Waals surface area contributed by atoms with Gasteiger partial charge >= 0.3 is 0 Å². The number of ether oxygens (including phenoxy) is 2. The number of fused-ring (bicyclic) bond motifs is 8. The first kappa shape index (κ1) is 51.1. The molecule has 74 heavy (non-hydrogen) atoms. The molecule has 10 rings (SSSR count). The maximum Gasteiger partial charge on any atom is 0.119 e. The fraction of sp³-hybridized carbons (Fsp3) is 0.412. The second-order valence-electron chi connectivity index (χ2n) is 23.3. The van der Waals surface area contributed by atoms with Gasteiger partial charge in [0.15, 0.2) is 0 Å². The Kier molecular flexibility index (Phi) is 15.3. The average Bonchev–Trinajstić information content (AvgIpc) is 3.40. The summed E-state index contributed by atoms with van der Waals surface area (Å²) in [6.07, 6.45) is 20.5. The first-order valence-electron chi connectivity index (χ1n) is 28.4. The zero-order valence-corrected chi connectivity index (χ0v) is 45.7. The number of para-hydroxylation sites is 2. The first-order chi connectivity index (χ1) is 35.9. The van der Waals surface area contributed by atoms with Crippen LogP contribution in [0.1, 0.15) is 169 Å². The normalized spacial score (nSPS) is 12.5. The van der Waals surface area contributed by atoms with Crippen molar-refractivity contribution in [3.05, 3.63) is 120 Å². The summed E-state index contributed by atoms with van der Waals surface area (Å²) in [5, 5.41) is 6.76. The number of hydrogen-bond acceptors (Lipinski definition) is 6. The SMILES string of the molecule is CCCCCCCCCCOc1ccc(-c2cc3nc4c5cc(C(C)(C)C)cc6c7nc8ccccc8nc7c7cc(C(C)(C)C)cc(c4nc3cc2-c2ccc(OCCCCCCCCCC)cc2)c7c65)cc1. The largest absolute Gasteiger partial charge is 0.494 e. The minimum atomic E-state index is -0.142. The fourth-order valence-electron chi connectivity index (χ4n) is 11.1. The summed E-state index contributed by atoms with van der Waals surface area (Å²) in [4.78, 5) is 22.3. The van der Waals surface area contributed by atoms with Crippen LogP contribution < -0.4 is 9.47 Å². The summed E-state index contributed by atoms with van der Waals surface area (Å²) in [5.41, 5.74) is 13.7. The molecule has 0 spiro atoms. The molecule has 2 heterocycles. The molecule has 2 aromatic heterocycles. The lowest BCUT2D eigenvalue weighted by Crippen LogP contribution is -2.12. The molecule has 0 aliphatic heterocycles. The van der Waals surface area contributed by atoms with Gasteiger partial charge in [-0.25, -0.2) is 19.9 Å². The maximum atomic E-state index is 6.32. The van der Waals surface area contributed by atoms with Crippen molar-refractivity contribution in [3.63, 3.8) is 0 Å². The molecule has 10 aromatic rings. The smallest absolute Gasteiger partial charge is 0.119 e. The van der Waals surface area contributed by atoms with E-state index in [-0.39, 0.29) is 10.8 Å². The highest BCUT2D eigenvalue weighted by molar-refractivity contribution is 6.39. The molecule has 0 unspecified atom stereocenters. The molecule has 382 valence electrons. The number of benzene rings is 8. The number of unbranched alkanes of at least 4 members (excludes halogenated alkanes) is 14. The Hall–Kier alpha value is -6.40. The molecule has 0 aliphatic carbocycles. The third-order valence-electron chi connectivity index (χ3n) is 15.5. The van der Waals surface area contributed by atoms with Gasteiger partial charge in [-0.3, -0.25) is 0 Å². The van der Waals surface area contributed by atoms with E-state index in [9.17, 15) is 0 Å². The highest BCUT2D eigenvalue weighted by atomic mass is 16.5. The van der Waals surface area contributed by atoms with Gasteiger partial charge in [-0.15, -0.1) is 0 Å². The number of aromatic nitrogens is 4. The molecule has 0 radical (unpaired) electrons. The molecule has 6 nitrogen and oxygen atoms in total. The van der Waals surface area contributed by atoms with Crippen LogP contribution >= 0.6 is 0 Å². The Morgan fingerprint density at radius 3 is 0.986 bits per heavy atom. The van der Waals surface area contributed by atoms with Gasteiger partial charge in [0.25, 0.3) is 0 Å². The van der Waals surface area contributed by atoms with E-state index in [1.165, 1.54) is 112 Å². The van der Waals surface area contributed by atoms with Gasteiger partial charge in [-0.2, -0.15) is 0 Å². The molecule has 0 N–H and O–H groups in total. The van der Waals surface area contributed by atoms with Gasteiger partial charge in [0.1, 0.15) is 11.5 Å². The Balaban J connectivity index is 1.09. The van der Waals surface area contributed by atoms with Crippen LogP contribution in [0.4, 0.5) is 0 Å². The summed E-state index contributed by atoms with van der Waals surface area (Å²) in [6.45, 7) is 19.8. The molecule has 0 fully saturated rings. The minimum Gasteiger partial charge on any atom is -0.494 e. The average molecular weight is 983 g/mol. The third kappa shape index (κ3) is 10.9. The Morgan fingerprint density at radius 2 is 0.662 bits per heavy atom. The van der Waals surface area contributed by atoms with E-state index in [2.05, 4.69) is 165 Å². The Labute approximate surface area is 440 Å². The van der Waals surface area contributed by atoms with Gasteiger partial charge in [0, 0.05) is 32.3 Å². The van der Waals surface area contributed by atoms with Gasteiger partial charge < -0.3 is 9.47 Å². The van der Waals surface area contributed by atoms with Crippen molar-refractivity contribution in [1.82, 2.24) is 19.9 Å². The van der Waals surface area contributed by atoms with E-state index < -0.39 is 0 Å². The zero-order chi connectivity index (χ0) is 51.4. The topological polar surface area (TPSA) is 70.0 Å². The van der Waals surface area contributed by atoms with E-state index in [0.29, 0.717) is 0 Å². The van der Waals surface area contributed by atoms with Crippen molar-refractivity contribution in [2.75, 3.05) is 13.2 Å². The highest BCUT2D eigenvalue weighted by Crippen LogP contribution is 2.48. The molecule has 0 amide bonds. The highest BCUT2D eigenvalue weighted by Gasteiger charge is 2.27. The van der Waals surface area contributed by atoms with Gasteiger partial charge in [-0.05, 0) is 130 Å². The van der Waals surface area contributed by atoms with Crippen molar-refractivity contribution >= 4 is 76.5 Å². The number of rotatable bonds is 22. The van der Waals surface area contributed by atoms with Crippen molar-refractivity contribution in [1.29, 1.82) is 0 Å². The van der Waals surface area contributed by atoms with E-state index in [4.69, 9.17) is 29.4 Å². The van der Waals surface area contributed by atoms with Gasteiger partial charge in [0.05, 0.1) is 57.3 Å². The molecular formula is C68H78N4O2. The summed E-state index contributed by atoms with van der Waals surface area (Å²) >= 11 is 0. The maximum absolute atomic E-state index is 6.32. The molecule has 0 bridgehead atoms. The van der Waals surface area contributed by atoms with E-state index in [1.807, 2.05) is 0 Å². The lowest BCUT2D eigenvalue weighted by atomic mass is 9.80. The molecule has 0 aliphatic rings. The predicted octanol–water partition coefficient (Wildman–Crippen LogP) is 19.7. The van der Waals surface area contributed by atoms with Gasteiger partial charge in [0.2, 0.25) is 0 Å². The van der Waals surface area contributed by atoms with Crippen LogP contribution in [0.5, 0.6) is 11.5 Å². The minimum absolute atomic E-state index is 0.142. The summed E-state index contributed by atoms with van der Waals surface area (Å²) < 4.78 is 12.6. The van der Waals surface area contributed by atoms with Crippen molar-refractivity contribution in [2.24, 2.45) is 0 Å². The Morgan fingerprint density at radius 1 is 0.351 bits per heavy atom. The summed E-state index contributed by atoms with van der Waals surface area (Å²) in [6, 6.07) is 39.6. The van der Waals surface area contributed by atoms with Crippen molar-refractivity contribution in [3.8, 4) is 33.8 Å². The third-order valence-corrected chi connectivity index (χ3v) is 15.5. The molecule has 0 atom stereocenters. The van der Waals surface area contributed by atoms with Crippen LogP contribution in [-0.2, 0) is 10.8 Å². The second-order valence-corrected chi connectivity index (χ2v) is 23.3. The van der Waals surface area contributed by atoms with Crippen LogP contribution in [0.3, 0.4) is 0 Å². The summed E-state index contributed by atoms with van der Waals surface area (Å²) in [5.74, 6) is 1.81. The van der Waals surface area contributed by atoms with Crippen molar-refractivity contribution < 1.29 is 9.47 Å². The van der Waals surface area contributed by atoms with Crippen LogP contribution in [-0.4, -0.2) is 33.1 Å². The zero-order valence-electron chi connectivity index (χ0n) is 45.7. The molecule has 8 aromatic carbocycles. The quantitative estimate of drug-likeness (QED) is 0.0383. The van der Waals surface area contributed by atoms with Crippen LogP contribution in [0.25, 0.3) is 98.7 Å². The molecule has 0 saturated carbocycles. The van der Waals surface area contributed by atoms with E-state index >= 15 is 0 Å². The Bertz CT molecular complexity index is 3310. The van der Waals surface area contributed by atoms with E-state index in [1.54, 1.807) is 0 Å². The second kappa shape index (κ2) is 22.2. The van der Waals surface area contributed by atoms with Gasteiger partial charge in [-0.1, -0.05) is 182 Å². The first-order valence-corrected chi connectivity index (χ1v) is 28.4. The van der Waals surface area contributed by atoms with Crippen LogP contribution in [0, 0.1) is 0 Å². The van der Waals surface area contributed by atoms with E-state index in [0.717, 1.165) is 125 Å². The van der Waals surface area contributed by atoms with Crippen LogP contribution in [0.15, 0.2) is 109 Å². The lowest BCUT2D eigenvalue weighted by molar-refractivity contribution is 0.304. The summed E-state index contributed by atoms with van der Waals surface area (Å²) in [7, 11) is 0. The van der Waals surface area contributed by atoms with Crippen molar-refractivity contribution in [2.45, 2.75) is 169 Å². The van der Waals surface area contributed by atoms with Crippen LogP contribution in [0.2, 0.25) is 0 Å². The standard InChI is InChI=1S/C68H78N4O2/c1-9-11-13-15-17-19-21-25-37-73-49-33-29-45(30-34-49)51-43-59-60(44-52(51)46-31-35-50(36-32-46)74-38-26-22-20-18-16-14-12-10-2)72-66-56-42-48(68(6,7)8)40-54-62(56)61-53(39-47(67(3,4)5)41-55(61)65(66)71-59)63-64(54)70-58-28-24-23-27-57(58)69-63/h23-24,27-36,39-44H,9-22,25-26,37-38H2,1-8H3. The molecular weight excluding hydrogens is 905 g/mol. The molecule has 6 heteroatoms. The molecule has 0 saturated heterocycles. The monoisotopic (exact) mass is 983 g/mol.